The summed E-state index contributed by atoms with van der Waals surface area (Å²) in [5.41, 5.74) is 15.2. The number of nitrogens with zero attached hydrogens (tertiary/aromatic N) is 4. The highest BCUT2D eigenvalue weighted by Crippen LogP contribution is 2.49. The summed E-state index contributed by atoms with van der Waals surface area (Å²) in [6, 6.07) is 70.6. The molecule has 5 heteroatoms. The van der Waals surface area contributed by atoms with Gasteiger partial charge in [-0.3, -0.25) is 4.57 Å². The van der Waals surface area contributed by atoms with Crippen LogP contribution in [0.2, 0.25) is 0 Å². The molecule has 0 atom stereocenters. The minimum atomic E-state index is 0.667. The first-order chi connectivity index (χ1) is 30.3. The number of hydrogen-bond donors (Lipinski definition) is 0. The van der Waals surface area contributed by atoms with Crippen LogP contribution in [0.4, 0.5) is 0 Å². The monoisotopic (exact) mass is 792 g/mol. The third-order valence-corrected chi connectivity index (χ3v) is 14.0. The van der Waals surface area contributed by atoms with Crippen molar-refractivity contribution in [3.05, 3.63) is 194 Å². The van der Waals surface area contributed by atoms with Crippen molar-refractivity contribution < 1.29 is 0 Å². The first-order valence-corrected chi connectivity index (χ1v) is 21.6. The van der Waals surface area contributed by atoms with E-state index in [4.69, 9.17) is 9.97 Å². The van der Waals surface area contributed by atoms with E-state index in [0.717, 1.165) is 32.5 Å². The van der Waals surface area contributed by atoms with E-state index < -0.39 is 0 Å². The minimum absolute atomic E-state index is 0.667. The van der Waals surface area contributed by atoms with Crippen molar-refractivity contribution >= 4 is 86.0 Å². The molecule has 0 saturated carbocycles. The minimum Gasteiger partial charge on any atom is -0.308 e. The Bertz CT molecular complexity index is 4000. The molecule has 282 valence electrons. The summed E-state index contributed by atoms with van der Waals surface area (Å²) in [5, 5.41) is 9.40. The number of benzene rings is 9. The van der Waals surface area contributed by atoms with Gasteiger partial charge in [0.15, 0.2) is 0 Å². The van der Waals surface area contributed by atoms with E-state index in [0.29, 0.717) is 5.95 Å². The van der Waals surface area contributed by atoms with Crippen molar-refractivity contribution in [2.45, 2.75) is 0 Å². The maximum absolute atomic E-state index is 5.70. The van der Waals surface area contributed by atoms with Gasteiger partial charge < -0.3 is 4.57 Å². The maximum atomic E-state index is 5.70. The van der Waals surface area contributed by atoms with E-state index in [1.165, 1.54) is 92.5 Å². The van der Waals surface area contributed by atoms with E-state index in [-0.39, 0.29) is 0 Å². The van der Waals surface area contributed by atoms with Crippen LogP contribution in [-0.2, 0) is 0 Å². The predicted molar refractivity (Wildman–Crippen MR) is 256 cm³/mol. The topological polar surface area (TPSA) is 35.6 Å². The Balaban J connectivity index is 1.10. The van der Waals surface area contributed by atoms with Gasteiger partial charge >= 0.3 is 0 Å². The molecular formula is C56H32N4S. The van der Waals surface area contributed by atoms with Crippen LogP contribution in [0.5, 0.6) is 0 Å². The Morgan fingerprint density at radius 3 is 1.79 bits per heavy atom. The summed E-state index contributed by atoms with van der Waals surface area (Å²) < 4.78 is 6.01. The second-order valence-electron chi connectivity index (χ2n) is 16.1. The normalized spacial score (nSPS) is 12.3. The highest BCUT2D eigenvalue weighted by molar-refractivity contribution is 7.25. The van der Waals surface area contributed by atoms with Gasteiger partial charge in [0.25, 0.3) is 0 Å². The first kappa shape index (κ1) is 33.0. The highest BCUT2D eigenvalue weighted by Gasteiger charge is 2.27. The second kappa shape index (κ2) is 12.3. The molecule has 1 aliphatic rings. The van der Waals surface area contributed by atoms with Crippen LogP contribution in [0.3, 0.4) is 0 Å². The first-order valence-electron chi connectivity index (χ1n) is 20.8. The standard InChI is InChI=1S/C56H32N4S/c1-2-15-33(16-3-1)34-29-30-41(37-19-6-4-17-35(34)37)53-52-44-23-10-13-28-51(44)61-55(52)58-56(57-53)60-48-27-12-9-22-40(48)45-31-49-46(32-50(45)60)43-25-14-24-42-38-20-7-5-18-36(38)39-21-8-11-26-47(39)59(49)54(42)43/h1-32H. The second-order valence-corrected chi connectivity index (χ2v) is 17.1. The highest BCUT2D eigenvalue weighted by atomic mass is 32.1. The van der Waals surface area contributed by atoms with Crippen LogP contribution in [0, 0.1) is 0 Å². The average molecular weight is 793 g/mol. The van der Waals surface area contributed by atoms with Crippen molar-refractivity contribution in [2.24, 2.45) is 0 Å². The zero-order chi connectivity index (χ0) is 39.8. The van der Waals surface area contributed by atoms with Crippen LogP contribution in [0.1, 0.15) is 0 Å². The predicted octanol–water partition coefficient (Wildman–Crippen LogP) is 15.2. The van der Waals surface area contributed by atoms with Crippen molar-refractivity contribution in [2.75, 3.05) is 0 Å². The van der Waals surface area contributed by atoms with Crippen LogP contribution in [-0.4, -0.2) is 19.1 Å². The van der Waals surface area contributed by atoms with Gasteiger partial charge in [-0.1, -0.05) is 164 Å². The molecule has 14 rings (SSSR count). The van der Waals surface area contributed by atoms with Crippen molar-refractivity contribution in [3.63, 3.8) is 0 Å². The quantitative estimate of drug-likeness (QED) is 0.179. The Hall–Kier alpha value is -7.86. The summed E-state index contributed by atoms with van der Waals surface area (Å²) in [4.78, 5) is 12.2. The zero-order valence-corrected chi connectivity index (χ0v) is 33.5. The number of hydrogen-bond acceptors (Lipinski definition) is 3. The molecule has 0 radical (unpaired) electrons. The van der Waals surface area contributed by atoms with Crippen molar-refractivity contribution in [1.29, 1.82) is 0 Å². The van der Waals surface area contributed by atoms with Gasteiger partial charge in [0, 0.05) is 53.7 Å². The molecule has 1 aliphatic heterocycles. The lowest BCUT2D eigenvalue weighted by molar-refractivity contribution is 1.02. The molecular weight excluding hydrogens is 761 g/mol. The molecule has 4 aromatic heterocycles. The molecule has 9 aromatic carbocycles. The molecule has 61 heavy (non-hydrogen) atoms. The largest absolute Gasteiger partial charge is 0.308 e. The SMILES string of the molecule is c1ccc(-c2ccc(-c3nc(-n4c5ccccc5c5cc6c(cc54)c4cccc5c4n6-c4ccccc4-c4ccccc4-5)nc4sc5ccccc5c34)c3ccccc23)cc1. The zero-order valence-electron chi connectivity index (χ0n) is 32.7. The van der Waals surface area contributed by atoms with Gasteiger partial charge in [-0.2, -0.15) is 0 Å². The molecule has 0 N–H and O–H groups in total. The molecule has 0 spiro atoms. The number of fused-ring (bicyclic) bond motifs is 15. The molecule has 0 aliphatic carbocycles. The van der Waals surface area contributed by atoms with E-state index in [1.54, 1.807) is 11.3 Å². The van der Waals surface area contributed by atoms with Gasteiger partial charge in [-0.15, -0.1) is 11.3 Å². The van der Waals surface area contributed by atoms with Gasteiger partial charge in [-0.25, -0.2) is 9.97 Å². The summed E-state index contributed by atoms with van der Waals surface area (Å²) in [7, 11) is 0. The third kappa shape index (κ3) is 4.53. The van der Waals surface area contributed by atoms with Crippen LogP contribution in [0.25, 0.3) is 131 Å². The fourth-order valence-electron chi connectivity index (χ4n) is 10.3. The fourth-order valence-corrected chi connectivity index (χ4v) is 11.4. The fraction of sp³-hybridized carbons (Fsp3) is 0. The molecule has 0 fully saturated rings. The lowest BCUT2D eigenvalue weighted by Gasteiger charge is -2.14. The molecule has 13 aromatic rings. The molecule has 5 heterocycles. The lowest BCUT2D eigenvalue weighted by atomic mass is 9.93. The molecule has 0 bridgehead atoms. The smallest absolute Gasteiger partial charge is 0.236 e. The summed E-state index contributed by atoms with van der Waals surface area (Å²) in [6.07, 6.45) is 0. The Morgan fingerprint density at radius 1 is 0.361 bits per heavy atom. The molecule has 4 nitrogen and oxygen atoms in total. The van der Waals surface area contributed by atoms with Gasteiger partial charge in [0.05, 0.1) is 33.4 Å². The van der Waals surface area contributed by atoms with E-state index in [9.17, 15) is 0 Å². The van der Waals surface area contributed by atoms with Crippen LogP contribution in [0.15, 0.2) is 194 Å². The summed E-state index contributed by atoms with van der Waals surface area (Å²) in [6.45, 7) is 0. The van der Waals surface area contributed by atoms with E-state index in [2.05, 4.69) is 203 Å². The lowest BCUT2D eigenvalue weighted by Crippen LogP contribution is -2.03. The Morgan fingerprint density at radius 2 is 0.951 bits per heavy atom. The number of para-hydroxylation sites is 3. The summed E-state index contributed by atoms with van der Waals surface area (Å²) in [5.74, 6) is 0.667. The average Bonchev–Trinajstić information content (AvgIpc) is 3.95. The van der Waals surface area contributed by atoms with Crippen LogP contribution >= 0.6 is 11.3 Å². The van der Waals surface area contributed by atoms with Crippen molar-refractivity contribution in [3.8, 4) is 56.3 Å². The Kier molecular flexibility index (Phi) is 6.68. The van der Waals surface area contributed by atoms with Crippen molar-refractivity contribution in [1.82, 2.24) is 19.1 Å². The number of rotatable bonds is 3. The van der Waals surface area contributed by atoms with Crippen LogP contribution < -0.4 is 0 Å². The van der Waals surface area contributed by atoms with Gasteiger partial charge in [0.2, 0.25) is 5.95 Å². The summed E-state index contributed by atoms with van der Waals surface area (Å²) >= 11 is 1.74. The molecule has 0 amide bonds. The van der Waals surface area contributed by atoms with Gasteiger partial charge in [0.1, 0.15) is 4.83 Å². The molecule has 0 unspecified atom stereocenters. The maximum Gasteiger partial charge on any atom is 0.236 e. The van der Waals surface area contributed by atoms with E-state index in [1.807, 2.05) is 0 Å². The third-order valence-electron chi connectivity index (χ3n) is 12.9. The number of aromatic nitrogens is 4. The Labute approximate surface area is 353 Å². The van der Waals surface area contributed by atoms with Gasteiger partial charge in [-0.05, 0) is 63.4 Å². The number of thiophene rings is 1. The molecule has 0 saturated heterocycles. The van der Waals surface area contributed by atoms with E-state index >= 15 is 0 Å².